The van der Waals surface area contributed by atoms with Crippen molar-refractivity contribution in [3.05, 3.63) is 52.8 Å². The third-order valence-electron chi connectivity index (χ3n) is 6.57. The highest BCUT2D eigenvalue weighted by Crippen LogP contribution is 2.28. The fraction of sp³-hybridized carbons (Fsp3) is 0.385. The van der Waals surface area contributed by atoms with Crippen molar-refractivity contribution in [3.63, 3.8) is 0 Å². The van der Waals surface area contributed by atoms with Crippen molar-refractivity contribution < 1.29 is 20.0 Å². The Labute approximate surface area is 262 Å². The van der Waals surface area contributed by atoms with Crippen molar-refractivity contribution in [2.45, 2.75) is 38.5 Å². The number of nitrogens with zero attached hydrogens (tertiary/aromatic N) is 5. The van der Waals surface area contributed by atoms with E-state index in [2.05, 4.69) is 30.4 Å². The quantitative estimate of drug-likeness (QED) is 0.139. The molecule has 2 aliphatic heterocycles. The molecule has 2 aromatic carbocycles. The predicted octanol–water partition coefficient (Wildman–Crippen LogP) is 7.40. The maximum Gasteiger partial charge on any atom is 0.259 e. The number of aromatic hydroxyl groups is 1. The van der Waals surface area contributed by atoms with Crippen molar-refractivity contribution in [2.24, 2.45) is 0 Å². The molecule has 0 bridgehead atoms. The maximum absolute atomic E-state index is 13.4. The van der Waals surface area contributed by atoms with E-state index >= 15 is 0 Å². The van der Waals surface area contributed by atoms with E-state index in [1.54, 1.807) is 6.07 Å². The average molecular weight is 639 g/mol. The Hall–Kier alpha value is -3.53. The van der Waals surface area contributed by atoms with E-state index < -0.39 is 11.7 Å². The van der Waals surface area contributed by atoms with Gasteiger partial charge in [0.15, 0.2) is 0 Å². The number of anilines is 5. The van der Waals surface area contributed by atoms with Crippen LogP contribution in [-0.4, -0.2) is 52.1 Å². The van der Waals surface area contributed by atoms with E-state index in [1.807, 2.05) is 0 Å². The van der Waals surface area contributed by atoms with Crippen LogP contribution in [0.5, 0.6) is 5.75 Å². The van der Waals surface area contributed by atoms with Crippen LogP contribution in [0.15, 0.2) is 36.4 Å². The van der Waals surface area contributed by atoms with Crippen LogP contribution in [0.1, 0.15) is 54.6 Å². The second-order valence-electron chi connectivity index (χ2n) is 9.29. The van der Waals surface area contributed by atoms with Crippen LogP contribution in [0.4, 0.5) is 33.6 Å². The van der Waals surface area contributed by atoms with Gasteiger partial charge in [0.2, 0.25) is 17.8 Å². The second-order valence-corrected chi connectivity index (χ2v) is 9.70. The van der Waals surface area contributed by atoms with E-state index in [9.17, 15) is 14.3 Å². The second kappa shape index (κ2) is 17.4. The number of benzene rings is 2. The van der Waals surface area contributed by atoms with Crippen LogP contribution in [0.3, 0.4) is 0 Å². The Morgan fingerprint density at radius 1 is 0.810 bits per heavy atom. The number of aromatic nitrogens is 3. The summed E-state index contributed by atoms with van der Waals surface area (Å²) in [6.07, 6.45) is 6.84. The lowest BCUT2D eigenvalue weighted by molar-refractivity contribution is 0.102. The van der Waals surface area contributed by atoms with E-state index in [0.717, 1.165) is 57.9 Å². The SMILES string of the molecule is Cl.N.N.N.N.O=C(Nc1ccc(F)c(Cl)c1)c1ccc(Nc2nc(N3CCCCC3)nc(N3CCCCC3)n2)cc1O.[HH].[HH].[HH].[HH]. The number of phenols is 1. The number of halogens is 3. The first-order valence-corrected chi connectivity index (χ1v) is 13.0. The van der Waals surface area contributed by atoms with Gasteiger partial charge in [0, 0.05) is 49.3 Å². The van der Waals surface area contributed by atoms with E-state index in [0.29, 0.717) is 29.2 Å². The molecule has 2 fully saturated rings. The minimum atomic E-state index is -0.580. The molecule has 1 aromatic heterocycles. The number of hydrogen-bond donors (Lipinski definition) is 7. The van der Waals surface area contributed by atoms with E-state index in [4.69, 9.17) is 16.6 Å². The number of nitrogens with one attached hydrogen (secondary N) is 2. The number of amides is 1. The van der Waals surface area contributed by atoms with E-state index in [1.165, 1.54) is 37.1 Å². The molecule has 5 rings (SSSR count). The molecule has 0 saturated carbocycles. The average Bonchev–Trinajstić information content (AvgIpc) is 2.91. The lowest BCUT2D eigenvalue weighted by atomic mass is 10.1. The van der Waals surface area contributed by atoms with Crippen LogP contribution in [0, 0.1) is 5.82 Å². The highest BCUT2D eigenvalue weighted by molar-refractivity contribution is 6.31. The standard InChI is InChI=1S/C26H29ClFN7O2.ClH.4H3N.4H2/c27-20-15-17(8-10-21(20)28)29-23(37)19-9-7-18(16-22(19)36)30-24-31-25(34-11-3-1-4-12-34)33-26(32-24)35-13-5-2-6-14-35;;;;;;;;;/h7-10,15-16,36H,1-6,11-14H2,(H,29,37)(H,30,31,32,33);1H;4*1H3;4*1H. The van der Waals surface area contributed by atoms with Crippen molar-refractivity contribution in [1.29, 1.82) is 0 Å². The molecule has 13 nitrogen and oxygen atoms in total. The molecule has 1 amide bonds. The summed E-state index contributed by atoms with van der Waals surface area (Å²) in [5, 5.41) is 16.2. The highest BCUT2D eigenvalue weighted by atomic mass is 35.5. The molecule has 42 heavy (non-hydrogen) atoms. The number of carbonyl (C=O) groups excluding carboxylic acids is 1. The van der Waals surface area contributed by atoms with Gasteiger partial charge in [0.05, 0.1) is 10.6 Å². The van der Waals surface area contributed by atoms with Gasteiger partial charge in [0.1, 0.15) is 11.6 Å². The molecular weight excluding hydrogens is 588 g/mol. The fourth-order valence-corrected chi connectivity index (χ4v) is 4.76. The van der Waals surface area contributed by atoms with Crippen LogP contribution >= 0.6 is 24.0 Å². The minimum absolute atomic E-state index is 0. The number of hydrogen-bond acceptors (Lipinski definition) is 12. The van der Waals surface area contributed by atoms with Gasteiger partial charge in [-0.2, -0.15) is 15.0 Å². The van der Waals surface area contributed by atoms with Crippen molar-refractivity contribution in [2.75, 3.05) is 46.6 Å². The number of phenolic OH excluding ortho intramolecular Hbond substituents is 1. The van der Waals surface area contributed by atoms with Crippen LogP contribution in [0.2, 0.25) is 5.02 Å². The molecule has 242 valence electrons. The van der Waals surface area contributed by atoms with Gasteiger partial charge in [-0.25, -0.2) is 4.39 Å². The van der Waals surface area contributed by atoms with Crippen molar-refractivity contribution in [3.8, 4) is 5.75 Å². The smallest absolute Gasteiger partial charge is 0.259 e. The Morgan fingerprint density at radius 3 is 1.83 bits per heavy atom. The zero-order chi connectivity index (χ0) is 25.8. The van der Waals surface area contributed by atoms with Crippen LogP contribution in [0.25, 0.3) is 0 Å². The summed E-state index contributed by atoms with van der Waals surface area (Å²) < 4.78 is 13.4. The molecular formula is C26H50Cl2FN11O2. The Morgan fingerprint density at radius 2 is 1.33 bits per heavy atom. The van der Waals surface area contributed by atoms with Crippen molar-refractivity contribution in [1.82, 2.24) is 39.6 Å². The first kappa shape index (κ1) is 38.5. The largest absolute Gasteiger partial charge is 0.507 e. The molecule has 2 aliphatic rings. The summed E-state index contributed by atoms with van der Waals surface area (Å²) in [7, 11) is 0. The zero-order valence-electron chi connectivity index (χ0n) is 23.6. The van der Waals surface area contributed by atoms with Gasteiger partial charge >= 0.3 is 0 Å². The Bertz CT molecular complexity index is 1280. The van der Waals surface area contributed by atoms with Crippen LogP contribution in [-0.2, 0) is 0 Å². The molecule has 16 heteroatoms. The van der Waals surface area contributed by atoms with Gasteiger partial charge in [-0.3, -0.25) is 4.79 Å². The summed E-state index contributed by atoms with van der Waals surface area (Å²) >= 11 is 5.79. The highest BCUT2D eigenvalue weighted by Gasteiger charge is 2.21. The first-order valence-electron chi connectivity index (χ1n) is 12.6. The van der Waals surface area contributed by atoms with Gasteiger partial charge < -0.3 is 50.1 Å². The number of carbonyl (C=O) groups is 1. The third kappa shape index (κ3) is 9.24. The van der Waals surface area contributed by atoms with Gasteiger partial charge in [0.25, 0.3) is 5.91 Å². The summed E-state index contributed by atoms with van der Waals surface area (Å²) in [5.41, 5.74) is 0.905. The molecule has 0 spiro atoms. The summed E-state index contributed by atoms with van der Waals surface area (Å²) in [4.78, 5) is 31.2. The molecule has 0 atom stereocenters. The van der Waals surface area contributed by atoms with Crippen LogP contribution < -0.4 is 45.0 Å². The molecule has 3 aromatic rings. The maximum atomic E-state index is 13.4. The third-order valence-corrected chi connectivity index (χ3v) is 6.86. The van der Waals surface area contributed by atoms with Gasteiger partial charge in [-0.15, -0.1) is 12.4 Å². The normalized spacial score (nSPS) is 14.0. The summed E-state index contributed by atoms with van der Waals surface area (Å²) in [5.74, 6) is 0.327. The fourth-order valence-electron chi connectivity index (χ4n) is 4.58. The summed E-state index contributed by atoms with van der Waals surface area (Å²) in [6.45, 7) is 3.64. The summed E-state index contributed by atoms with van der Waals surface area (Å²) in [6, 6.07) is 8.47. The Balaban J connectivity index is -0.000000623. The molecule has 3 heterocycles. The van der Waals surface area contributed by atoms with Gasteiger partial charge in [-0.1, -0.05) is 11.6 Å². The monoisotopic (exact) mass is 637 g/mol. The zero-order valence-corrected chi connectivity index (χ0v) is 25.2. The predicted molar refractivity (Wildman–Crippen MR) is 179 cm³/mol. The lowest BCUT2D eigenvalue weighted by Crippen LogP contribution is -2.34. The molecule has 0 aliphatic carbocycles. The van der Waals surface area contributed by atoms with Gasteiger partial charge in [-0.05, 0) is 68.9 Å². The van der Waals surface area contributed by atoms with Crippen molar-refractivity contribution >= 4 is 59.1 Å². The molecule has 15 N–H and O–H groups in total. The topological polar surface area (TPSA) is 247 Å². The number of rotatable bonds is 6. The Kier molecular flexibility index (Phi) is 16.0. The number of piperidine rings is 2. The molecule has 2 saturated heterocycles. The first-order chi connectivity index (χ1) is 18.0. The lowest BCUT2D eigenvalue weighted by Gasteiger charge is -2.30. The molecule has 0 unspecified atom stereocenters. The molecule has 0 radical (unpaired) electrons. The van der Waals surface area contributed by atoms with E-state index in [-0.39, 0.29) is 59.1 Å². The minimum Gasteiger partial charge on any atom is -0.507 e.